The average Bonchev–Trinajstić information content (AvgIpc) is 3.47. The van der Waals surface area contributed by atoms with Gasteiger partial charge in [0.2, 0.25) is 0 Å². The lowest BCUT2D eigenvalue weighted by Crippen LogP contribution is -2.48. The van der Waals surface area contributed by atoms with Crippen LogP contribution in [0.25, 0.3) is 0 Å². The molecule has 0 radical (unpaired) electrons. The van der Waals surface area contributed by atoms with E-state index < -0.39 is 0 Å². The van der Waals surface area contributed by atoms with Crippen LogP contribution in [0.15, 0.2) is 35.5 Å². The van der Waals surface area contributed by atoms with Crippen molar-refractivity contribution in [3.05, 3.63) is 51.7 Å². The first-order valence-electron chi connectivity index (χ1n) is 15.0. The number of guanidine groups is 1. The molecule has 0 unspecified atom stereocenters. The second-order valence-corrected chi connectivity index (χ2v) is 12.6. The second kappa shape index (κ2) is 16.5. The lowest BCUT2D eigenvalue weighted by Gasteiger charge is -2.35. The Balaban J connectivity index is 1.25. The van der Waals surface area contributed by atoms with Gasteiger partial charge in [0.15, 0.2) is 11.1 Å². The van der Waals surface area contributed by atoms with Crippen molar-refractivity contribution in [2.24, 2.45) is 16.5 Å². The van der Waals surface area contributed by atoms with Gasteiger partial charge < -0.3 is 31.7 Å². The van der Waals surface area contributed by atoms with E-state index in [0.717, 1.165) is 37.6 Å². The summed E-state index contributed by atoms with van der Waals surface area (Å²) in [7, 11) is 3.72. The zero-order valence-corrected chi connectivity index (χ0v) is 28.2. The first-order chi connectivity index (χ1) is 22.0. The van der Waals surface area contributed by atoms with Crippen molar-refractivity contribution in [1.82, 2.24) is 24.8 Å². The third-order valence-corrected chi connectivity index (χ3v) is 8.65. The van der Waals surface area contributed by atoms with Gasteiger partial charge in [-0.05, 0) is 52.4 Å². The number of hydrogen-bond acceptors (Lipinski definition) is 12. The number of nitrogens with one attached hydrogen (secondary N) is 2. The van der Waals surface area contributed by atoms with Crippen molar-refractivity contribution >= 4 is 63.2 Å². The van der Waals surface area contributed by atoms with E-state index in [-0.39, 0.29) is 23.9 Å². The molecule has 4 rings (SSSR count). The number of hydrogen-bond donors (Lipinski definition) is 4. The third kappa shape index (κ3) is 9.97. The van der Waals surface area contributed by atoms with Gasteiger partial charge in [-0.2, -0.15) is 0 Å². The molecule has 0 spiro atoms. The number of aliphatic imine (C=N–C) groups is 1. The Morgan fingerprint density at radius 1 is 1.17 bits per heavy atom. The smallest absolute Gasteiger partial charge is 0.323 e. The van der Waals surface area contributed by atoms with E-state index in [1.165, 1.54) is 17.5 Å². The molecule has 1 amide bonds. The van der Waals surface area contributed by atoms with Gasteiger partial charge in [0, 0.05) is 45.3 Å². The van der Waals surface area contributed by atoms with Crippen molar-refractivity contribution in [1.29, 1.82) is 0 Å². The number of piperazine rings is 1. The summed E-state index contributed by atoms with van der Waals surface area (Å²) in [5, 5.41) is 7.10. The minimum atomic E-state index is -0.347. The summed E-state index contributed by atoms with van der Waals surface area (Å²) in [4.78, 5) is 49.8. The molecule has 16 heteroatoms. The maximum Gasteiger partial charge on any atom is 0.323 e. The Bertz CT molecular complexity index is 1500. The molecule has 46 heavy (non-hydrogen) atoms. The molecule has 6 N–H and O–H groups in total. The molecule has 1 aliphatic rings. The van der Waals surface area contributed by atoms with Crippen molar-refractivity contribution in [2.75, 3.05) is 75.5 Å². The number of aryl methyl sites for hydroxylation is 2. The van der Waals surface area contributed by atoms with Crippen LogP contribution in [0.2, 0.25) is 5.02 Å². The van der Waals surface area contributed by atoms with Crippen molar-refractivity contribution in [2.45, 2.75) is 32.7 Å². The summed E-state index contributed by atoms with van der Waals surface area (Å²) in [6, 6.07) is 6.99. The van der Waals surface area contributed by atoms with Crippen LogP contribution in [-0.2, 0) is 9.53 Å². The first kappa shape index (κ1) is 34.8. The minimum absolute atomic E-state index is 0.0499. The Morgan fingerprint density at radius 2 is 1.93 bits per heavy atom. The Labute approximate surface area is 278 Å². The molecule has 248 valence electrons. The standard InChI is InChI=1S/C30H42ClN11O3S/c1-19-7-5-8-21(31)26(19)39-27(43)23-18-35-30(46-23)38-24-17-25(37-20(2)36-24)42-13-11-41(12-14-42)15-16-45-28(44)22(40(3)4)9-6-10-34-29(32)33/h5,7-8,17-18,22H,6,9-16H2,1-4H3,(H,39,43)(H4,32,33,34)(H,35,36,37,38)/t22-/m0/s1. The summed E-state index contributed by atoms with van der Waals surface area (Å²) >= 11 is 7.49. The van der Waals surface area contributed by atoms with Gasteiger partial charge in [-0.25, -0.2) is 15.0 Å². The van der Waals surface area contributed by atoms with Gasteiger partial charge in [0.05, 0.1) is 16.9 Å². The molecule has 2 aromatic heterocycles. The van der Waals surface area contributed by atoms with Crippen molar-refractivity contribution in [3.8, 4) is 0 Å². The third-order valence-electron chi connectivity index (χ3n) is 7.42. The van der Waals surface area contributed by atoms with E-state index in [9.17, 15) is 9.59 Å². The van der Waals surface area contributed by atoms with Crippen molar-refractivity contribution in [3.63, 3.8) is 0 Å². The number of nitrogens with zero attached hydrogens (tertiary/aromatic N) is 7. The molecule has 1 aliphatic heterocycles. The lowest BCUT2D eigenvalue weighted by molar-refractivity contribution is -0.149. The predicted molar refractivity (Wildman–Crippen MR) is 183 cm³/mol. The fourth-order valence-corrected chi connectivity index (χ4v) is 5.93. The fraction of sp³-hybridized carbons (Fsp3) is 0.467. The number of halogens is 1. The van der Waals surface area contributed by atoms with E-state index in [1.807, 2.05) is 51.0 Å². The SMILES string of the molecule is Cc1nc(Nc2ncc(C(=O)Nc3c(C)cccc3Cl)s2)cc(N2CCN(CCOC(=O)[C@H](CCCN=C(N)N)N(C)C)CC2)n1. The van der Waals surface area contributed by atoms with Gasteiger partial charge in [0.25, 0.3) is 5.91 Å². The summed E-state index contributed by atoms with van der Waals surface area (Å²) in [5.41, 5.74) is 12.2. The zero-order chi connectivity index (χ0) is 33.2. The van der Waals surface area contributed by atoms with E-state index in [2.05, 4.69) is 40.4 Å². The molecular formula is C30H42ClN11O3S. The summed E-state index contributed by atoms with van der Waals surface area (Å²) in [6.07, 6.45) is 2.82. The number of nitrogens with two attached hydrogens (primary N) is 2. The maximum absolute atomic E-state index is 12.8. The molecule has 14 nitrogen and oxygen atoms in total. The van der Waals surface area contributed by atoms with Gasteiger partial charge in [-0.15, -0.1) is 0 Å². The lowest BCUT2D eigenvalue weighted by atomic mass is 10.1. The van der Waals surface area contributed by atoms with Crippen LogP contribution in [0.5, 0.6) is 0 Å². The summed E-state index contributed by atoms with van der Waals surface area (Å²) in [5.74, 6) is 1.54. The van der Waals surface area contributed by atoms with Gasteiger partial charge in [-0.3, -0.25) is 24.4 Å². The number of aromatic nitrogens is 3. The highest BCUT2D eigenvalue weighted by molar-refractivity contribution is 7.17. The first-order valence-corrected chi connectivity index (χ1v) is 16.2. The Hall–Kier alpha value is -4.05. The minimum Gasteiger partial charge on any atom is -0.463 e. The van der Waals surface area contributed by atoms with Crippen LogP contribution in [0.1, 0.15) is 33.9 Å². The van der Waals surface area contributed by atoms with Crippen LogP contribution in [-0.4, -0.2) is 109 Å². The number of rotatable bonds is 14. The molecule has 0 aliphatic carbocycles. The largest absolute Gasteiger partial charge is 0.463 e. The molecule has 0 saturated carbocycles. The number of para-hydroxylation sites is 1. The van der Waals surface area contributed by atoms with Crippen LogP contribution in [0, 0.1) is 13.8 Å². The quantitative estimate of drug-likeness (QED) is 0.0853. The highest BCUT2D eigenvalue weighted by atomic mass is 35.5. The summed E-state index contributed by atoms with van der Waals surface area (Å²) < 4.78 is 5.62. The fourth-order valence-electron chi connectivity index (χ4n) is 4.94. The number of carbonyl (C=O) groups excluding carboxylic acids is 2. The van der Waals surface area contributed by atoms with E-state index >= 15 is 0 Å². The Kier molecular flexibility index (Phi) is 12.5. The average molecular weight is 672 g/mol. The topological polar surface area (TPSA) is 180 Å². The number of anilines is 4. The molecule has 1 atom stereocenters. The molecule has 3 heterocycles. The normalized spacial score (nSPS) is 14.2. The number of amides is 1. The van der Waals surface area contributed by atoms with Crippen LogP contribution >= 0.6 is 22.9 Å². The number of carbonyl (C=O) groups is 2. The van der Waals surface area contributed by atoms with E-state index in [4.69, 9.17) is 27.8 Å². The van der Waals surface area contributed by atoms with E-state index in [1.54, 1.807) is 6.07 Å². The van der Waals surface area contributed by atoms with Gasteiger partial charge >= 0.3 is 5.97 Å². The molecule has 0 bridgehead atoms. The second-order valence-electron chi connectivity index (χ2n) is 11.1. The van der Waals surface area contributed by atoms with Crippen LogP contribution in [0.3, 0.4) is 0 Å². The number of ether oxygens (including phenoxy) is 1. The van der Waals surface area contributed by atoms with Crippen molar-refractivity contribution < 1.29 is 14.3 Å². The highest BCUT2D eigenvalue weighted by Crippen LogP contribution is 2.28. The molecule has 3 aromatic rings. The zero-order valence-electron chi connectivity index (χ0n) is 26.6. The molecule has 1 saturated heterocycles. The highest BCUT2D eigenvalue weighted by Gasteiger charge is 2.24. The van der Waals surface area contributed by atoms with Gasteiger partial charge in [0.1, 0.15) is 35.0 Å². The predicted octanol–water partition coefficient (Wildman–Crippen LogP) is 2.85. The number of benzene rings is 1. The number of esters is 1. The van der Waals surface area contributed by atoms with Crippen LogP contribution < -0.4 is 27.0 Å². The maximum atomic E-state index is 12.8. The number of likely N-dealkylation sites (N-methyl/N-ethyl adjacent to an activating group) is 1. The molecule has 1 aromatic carbocycles. The van der Waals surface area contributed by atoms with Gasteiger partial charge in [-0.1, -0.05) is 35.1 Å². The molecule has 1 fully saturated rings. The number of thiazole rings is 1. The monoisotopic (exact) mass is 671 g/mol. The Morgan fingerprint density at radius 3 is 2.63 bits per heavy atom. The molecular weight excluding hydrogens is 630 g/mol. The summed E-state index contributed by atoms with van der Waals surface area (Å²) in [6.45, 7) is 8.30. The van der Waals surface area contributed by atoms with Crippen LogP contribution in [0.4, 0.5) is 22.5 Å². The van der Waals surface area contributed by atoms with E-state index in [0.29, 0.717) is 64.9 Å².